The van der Waals surface area contributed by atoms with Crippen molar-refractivity contribution < 1.29 is 9.18 Å². The number of thioether (sulfide) groups is 1. The number of aryl methyl sites for hydroxylation is 1. The second-order valence-electron chi connectivity index (χ2n) is 4.41. The summed E-state index contributed by atoms with van der Waals surface area (Å²) in [6, 6.07) is 5.90. The van der Waals surface area contributed by atoms with Crippen LogP contribution in [0.1, 0.15) is 5.56 Å². The Morgan fingerprint density at radius 2 is 2.33 bits per heavy atom. The van der Waals surface area contributed by atoms with E-state index >= 15 is 0 Å². The van der Waals surface area contributed by atoms with E-state index < -0.39 is 0 Å². The van der Waals surface area contributed by atoms with E-state index in [1.807, 2.05) is 19.3 Å². The van der Waals surface area contributed by atoms with Gasteiger partial charge in [0.25, 0.3) is 5.24 Å². The Bertz CT molecular complexity index is 766. The Kier molecular flexibility index (Phi) is 3.57. The number of halogens is 1. The molecule has 0 unspecified atom stereocenters. The van der Waals surface area contributed by atoms with E-state index in [1.54, 1.807) is 23.0 Å². The lowest BCUT2D eigenvalue weighted by atomic mass is 10.3. The number of nitrogens with one attached hydrogen (secondary N) is 1. The second-order valence-corrected chi connectivity index (χ2v) is 5.43. The van der Waals surface area contributed by atoms with Crippen LogP contribution >= 0.6 is 11.8 Å². The zero-order valence-corrected chi connectivity index (χ0v) is 11.9. The molecular formula is C14H11FN4OS. The molecule has 1 N–H and O–H groups in total. The summed E-state index contributed by atoms with van der Waals surface area (Å²) in [6.45, 7) is 0. The van der Waals surface area contributed by atoms with Crippen molar-refractivity contribution in [3.63, 3.8) is 0 Å². The lowest BCUT2D eigenvalue weighted by Gasteiger charge is -1.99. The molecule has 106 valence electrons. The summed E-state index contributed by atoms with van der Waals surface area (Å²) in [5, 5.41) is 6.51. The number of hydrogen-bond acceptors (Lipinski definition) is 4. The lowest BCUT2D eigenvalue weighted by Crippen LogP contribution is -2.18. The highest BCUT2D eigenvalue weighted by molar-refractivity contribution is 8.18. The molecule has 0 atom stereocenters. The van der Waals surface area contributed by atoms with Crippen LogP contribution in [-0.2, 0) is 7.05 Å². The van der Waals surface area contributed by atoms with E-state index in [0.29, 0.717) is 16.4 Å². The molecule has 7 heteroatoms. The number of amides is 1. The monoisotopic (exact) mass is 302 g/mol. The number of carbonyl (C=O) groups is 1. The Hall–Kier alpha value is -2.41. The van der Waals surface area contributed by atoms with E-state index in [0.717, 1.165) is 17.3 Å². The normalized spacial score (nSPS) is 18.5. The largest absolute Gasteiger partial charge is 0.300 e. The molecule has 2 aromatic rings. The van der Waals surface area contributed by atoms with Crippen molar-refractivity contribution in [2.75, 3.05) is 0 Å². The van der Waals surface area contributed by atoms with Crippen LogP contribution < -0.4 is 5.32 Å². The number of amidine groups is 1. The number of aromatic nitrogens is 2. The van der Waals surface area contributed by atoms with E-state index in [4.69, 9.17) is 0 Å². The van der Waals surface area contributed by atoms with Crippen LogP contribution in [0.3, 0.4) is 0 Å². The summed E-state index contributed by atoms with van der Waals surface area (Å²) >= 11 is 1.05. The third-order valence-corrected chi connectivity index (χ3v) is 3.55. The minimum atomic E-state index is -0.369. The maximum absolute atomic E-state index is 13.2. The first-order valence-electron chi connectivity index (χ1n) is 6.14. The summed E-state index contributed by atoms with van der Waals surface area (Å²) in [7, 11) is 1.81. The summed E-state index contributed by atoms with van der Waals surface area (Å²) in [4.78, 5) is 16.5. The zero-order valence-electron chi connectivity index (χ0n) is 11.1. The highest BCUT2D eigenvalue weighted by Gasteiger charge is 2.23. The minimum absolute atomic E-state index is 0.208. The molecule has 2 heterocycles. The van der Waals surface area contributed by atoms with Crippen LogP contribution in [0.25, 0.3) is 6.08 Å². The molecule has 0 bridgehead atoms. The molecular weight excluding hydrogens is 291 g/mol. The Labute approximate surface area is 124 Å². The van der Waals surface area contributed by atoms with Crippen molar-refractivity contribution in [1.82, 2.24) is 15.1 Å². The Morgan fingerprint density at radius 3 is 3.05 bits per heavy atom. The summed E-state index contributed by atoms with van der Waals surface area (Å²) in [5.41, 5.74) is 1.31. The van der Waals surface area contributed by atoms with Crippen LogP contribution in [0.4, 0.5) is 14.9 Å². The van der Waals surface area contributed by atoms with Crippen molar-refractivity contribution in [2.24, 2.45) is 12.0 Å². The molecule has 0 aliphatic carbocycles. The number of rotatable bonds is 2. The van der Waals surface area contributed by atoms with Gasteiger partial charge in [0.15, 0.2) is 0 Å². The number of hydrogen-bond donors (Lipinski definition) is 1. The van der Waals surface area contributed by atoms with Gasteiger partial charge in [-0.1, -0.05) is 6.07 Å². The highest BCUT2D eigenvalue weighted by Crippen LogP contribution is 2.28. The van der Waals surface area contributed by atoms with Crippen molar-refractivity contribution in [3.05, 3.63) is 52.9 Å². The predicted molar refractivity (Wildman–Crippen MR) is 80.8 cm³/mol. The fraction of sp³-hybridized carbons (Fsp3) is 0.0714. The maximum atomic E-state index is 13.2. The van der Waals surface area contributed by atoms with Gasteiger partial charge in [0.2, 0.25) is 0 Å². The molecule has 1 aromatic heterocycles. The molecule has 1 fully saturated rings. The molecule has 1 saturated heterocycles. The summed E-state index contributed by atoms with van der Waals surface area (Å²) in [6.07, 6.45) is 5.33. The fourth-order valence-corrected chi connectivity index (χ4v) is 2.59. The van der Waals surface area contributed by atoms with Crippen LogP contribution in [0.15, 0.2) is 46.6 Å². The average molecular weight is 302 g/mol. The first-order chi connectivity index (χ1) is 10.1. The molecule has 0 radical (unpaired) electrons. The average Bonchev–Trinajstić information content (AvgIpc) is 2.97. The minimum Gasteiger partial charge on any atom is -0.300 e. The van der Waals surface area contributed by atoms with E-state index in [9.17, 15) is 9.18 Å². The first-order valence-corrected chi connectivity index (χ1v) is 6.95. The van der Waals surface area contributed by atoms with Crippen LogP contribution in [0, 0.1) is 5.82 Å². The maximum Gasteiger partial charge on any atom is 0.289 e. The van der Waals surface area contributed by atoms with Crippen molar-refractivity contribution >= 4 is 34.6 Å². The fourth-order valence-electron chi connectivity index (χ4n) is 1.85. The van der Waals surface area contributed by atoms with Crippen molar-refractivity contribution in [3.8, 4) is 0 Å². The van der Waals surface area contributed by atoms with E-state index in [2.05, 4.69) is 15.4 Å². The van der Waals surface area contributed by atoms with Gasteiger partial charge in [0.1, 0.15) is 11.7 Å². The third-order valence-electron chi connectivity index (χ3n) is 2.73. The van der Waals surface area contributed by atoms with Crippen LogP contribution in [0.2, 0.25) is 0 Å². The number of aliphatic imine (C=N–C) groups is 1. The van der Waals surface area contributed by atoms with Gasteiger partial charge in [-0.05, 0) is 36.0 Å². The summed E-state index contributed by atoms with van der Waals surface area (Å²) < 4.78 is 14.8. The molecule has 1 aliphatic heterocycles. The number of nitrogens with zero attached hydrogens (tertiary/aromatic N) is 3. The third kappa shape index (κ3) is 3.19. The van der Waals surface area contributed by atoms with Crippen molar-refractivity contribution in [1.29, 1.82) is 0 Å². The molecule has 1 aliphatic rings. The van der Waals surface area contributed by atoms with Gasteiger partial charge >= 0.3 is 0 Å². The molecule has 21 heavy (non-hydrogen) atoms. The number of benzene rings is 1. The summed E-state index contributed by atoms with van der Waals surface area (Å²) in [5.74, 6) is 0.0473. The second kappa shape index (κ2) is 5.53. The van der Waals surface area contributed by atoms with Gasteiger partial charge in [0, 0.05) is 18.8 Å². The molecule has 1 amide bonds. The number of carbonyl (C=O) groups excluding carboxylic acids is 1. The van der Waals surface area contributed by atoms with Crippen LogP contribution in [0.5, 0.6) is 0 Å². The van der Waals surface area contributed by atoms with E-state index in [-0.39, 0.29) is 11.1 Å². The highest BCUT2D eigenvalue weighted by atomic mass is 32.2. The quantitative estimate of drug-likeness (QED) is 0.927. The van der Waals surface area contributed by atoms with Gasteiger partial charge < -0.3 is 5.32 Å². The zero-order chi connectivity index (χ0) is 14.8. The van der Waals surface area contributed by atoms with Gasteiger partial charge in [0.05, 0.1) is 16.8 Å². The standard InChI is InChI=1S/C14H11FN4OS/c1-19-8-9(7-16-19)5-12-13(18-14(20)21-12)17-11-4-2-3-10(15)6-11/h2-8H,1H3,(H,17,18,20). The molecule has 5 nitrogen and oxygen atoms in total. The molecule has 0 spiro atoms. The first kappa shape index (κ1) is 13.6. The van der Waals surface area contributed by atoms with Gasteiger partial charge in [-0.2, -0.15) is 5.10 Å². The topological polar surface area (TPSA) is 59.3 Å². The van der Waals surface area contributed by atoms with Crippen LogP contribution in [-0.4, -0.2) is 20.9 Å². The SMILES string of the molecule is Cn1cc(C=C2SC(=O)NC2=Nc2cccc(F)c2)cn1. The van der Waals surface area contributed by atoms with Gasteiger partial charge in [-0.25, -0.2) is 9.38 Å². The molecule has 1 aromatic carbocycles. The Morgan fingerprint density at radius 1 is 1.48 bits per heavy atom. The van der Waals surface area contributed by atoms with Crippen molar-refractivity contribution in [2.45, 2.75) is 0 Å². The smallest absolute Gasteiger partial charge is 0.289 e. The lowest BCUT2D eigenvalue weighted by molar-refractivity contribution is 0.265. The van der Waals surface area contributed by atoms with E-state index in [1.165, 1.54) is 12.1 Å². The van der Waals surface area contributed by atoms with Gasteiger partial charge in [-0.3, -0.25) is 9.48 Å². The molecule has 3 rings (SSSR count). The Balaban J connectivity index is 1.96. The molecule has 0 saturated carbocycles. The van der Waals surface area contributed by atoms with Gasteiger partial charge in [-0.15, -0.1) is 0 Å². The predicted octanol–water partition coefficient (Wildman–Crippen LogP) is 3.09.